The number of nitrogens with zero attached hydrogens (tertiary/aromatic N) is 4. The molecule has 3 rings (SSSR count). The van der Waals surface area contributed by atoms with Crippen molar-refractivity contribution in [3.8, 4) is 0 Å². The standard InChI is InChI=1S/C15H16F2N6O2/c1-22(2)13-10(16)5-9(6-11(13)17)20-15-18-7-12(23(24)25)14(21-15)19-8-3-4-8/h5-8H,3-4H2,1-2H3,(H2,18,19,20,21). The summed E-state index contributed by atoms with van der Waals surface area (Å²) < 4.78 is 28.1. The number of halogens is 2. The quantitative estimate of drug-likeness (QED) is 0.610. The van der Waals surface area contributed by atoms with Gasteiger partial charge in [-0.25, -0.2) is 13.8 Å². The third-order valence-electron chi connectivity index (χ3n) is 3.60. The van der Waals surface area contributed by atoms with Crippen LogP contribution in [0, 0.1) is 21.7 Å². The van der Waals surface area contributed by atoms with Crippen LogP contribution in [0.15, 0.2) is 18.3 Å². The first kappa shape index (κ1) is 16.8. The molecule has 0 spiro atoms. The summed E-state index contributed by atoms with van der Waals surface area (Å²) in [6, 6.07) is 2.37. The van der Waals surface area contributed by atoms with Gasteiger partial charge in [-0.15, -0.1) is 0 Å². The van der Waals surface area contributed by atoms with Gasteiger partial charge in [-0.1, -0.05) is 0 Å². The molecule has 0 atom stereocenters. The van der Waals surface area contributed by atoms with Crippen molar-refractivity contribution in [1.82, 2.24) is 9.97 Å². The summed E-state index contributed by atoms with van der Waals surface area (Å²) in [5, 5.41) is 16.7. The highest BCUT2D eigenvalue weighted by molar-refractivity contribution is 5.64. The number of rotatable bonds is 6. The van der Waals surface area contributed by atoms with Crippen molar-refractivity contribution in [2.75, 3.05) is 29.6 Å². The van der Waals surface area contributed by atoms with E-state index in [1.807, 2.05) is 0 Å². The highest BCUT2D eigenvalue weighted by Gasteiger charge is 2.26. The summed E-state index contributed by atoms with van der Waals surface area (Å²) in [5.74, 6) is -1.41. The fourth-order valence-electron chi connectivity index (χ4n) is 2.29. The number of nitro groups is 1. The Kier molecular flexibility index (Phi) is 4.34. The zero-order valence-electron chi connectivity index (χ0n) is 13.6. The second kappa shape index (κ2) is 6.46. The Morgan fingerprint density at radius 2 is 1.92 bits per heavy atom. The molecule has 1 aromatic heterocycles. The molecule has 2 N–H and O–H groups in total. The van der Waals surface area contributed by atoms with Crippen LogP contribution >= 0.6 is 0 Å². The van der Waals surface area contributed by atoms with Crippen molar-refractivity contribution >= 4 is 28.8 Å². The van der Waals surface area contributed by atoms with Crippen molar-refractivity contribution in [3.63, 3.8) is 0 Å². The molecule has 1 aliphatic carbocycles. The van der Waals surface area contributed by atoms with Gasteiger partial charge in [-0.3, -0.25) is 10.1 Å². The molecular formula is C15H16F2N6O2. The van der Waals surface area contributed by atoms with Gasteiger partial charge in [0.25, 0.3) is 0 Å². The Bertz CT molecular complexity index is 803. The molecule has 0 aliphatic heterocycles. The van der Waals surface area contributed by atoms with E-state index >= 15 is 0 Å². The fourth-order valence-corrected chi connectivity index (χ4v) is 2.29. The van der Waals surface area contributed by atoms with Crippen molar-refractivity contribution in [2.45, 2.75) is 18.9 Å². The second-order valence-corrected chi connectivity index (χ2v) is 5.91. The third-order valence-corrected chi connectivity index (χ3v) is 3.60. The minimum atomic E-state index is -0.745. The molecule has 1 aliphatic rings. The van der Waals surface area contributed by atoms with Gasteiger partial charge in [-0.05, 0) is 25.0 Å². The smallest absolute Gasteiger partial charge is 0.329 e. The van der Waals surface area contributed by atoms with Crippen LogP contribution in [0.2, 0.25) is 0 Å². The molecule has 0 amide bonds. The van der Waals surface area contributed by atoms with Crippen molar-refractivity contribution in [2.24, 2.45) is 0 Å². The van der Waals surface area contributed by atoms with Crippen molar-refractivity contribution in [1.29, 1.82) is 0 Å². The zero-order valence-corrected chi connectivity index (χ0v) is 13.6. The lowest BCUT2D eigenvalue weighted by Gasteiger charge is -2.16. The van der Waals surface area contributed by atoms with Crippen molar-refractivity contribution in [3.05, 3.63) is 40.1 Å². The number of hydrogen-bond acceptors (Lipinski definition) is 7. The van der Waals surface area contributed by atoms with E-state index in [0.717, 1.165) is 31.2 Å². The molecule has 0 bridgehead atoms. The number of anilines is 4. The molecule has 1 saturated carbocycles. The van der Waals surface area contributed by atoms with Crippen LogP contribution in [0.25, 0.3) is 0 Å². The van der Waals surface area contributed by atoms with E-state index in [2.05, 4.69) is 20.6 Å². The molecule has 132 valence electrons. The highest BCUT2D eigenvalue weighted by Crippen LogP contribution is 2.31. The predicted octanol–water partition coefficient (Wildman–Crippen LogP) is 3.05. The summed E-state index contributed by atoms with van der Waals surface area (Å²) >= 11 is 0. The molecular weight excluding hydrogens is 334 g/mol. The molecule has 0 radical (unpaired) electrons. The van der Waals surface area contributed by atoms with Crippen LogP contribution in [0.1, 0.15) is 12.8 Å². The summed E-state index contributed by atoms with van der Waals surface area (Å²) in [5.41, 5.74) is -0.309. The SMILES string of the molecule is CN(C)c1c(F)cc(Nc2ncc([N+](=O)[O-])c(NC3CC3)n2)cc1F. The second-order valence-electron chi connectivity index (χ2n) is 5.91. The van der Waals surface area contributed by atoms with Gasteiger partial charge in [0.05, 0.1) is 4.92 Å². The van der Waals surface area contributed by atoms with E-state index in [0.29, 0.717) is 0 Å². The average Bonchev–Trinajstić information content (AvgIpc) is 3.30. The minimum absolute atomic E-state index is 0.00477. The number of benzene rings is 1. The van der Waals surface area contributed by atoms with E-state index in [1.165, 1.54) is 19.0 Å². The molecule has 0 saturated heterocycles. The first-order valence-corrected chi connectivity index (χ1v) is 7.56. The Balaban J connectivity index is 1.88. The summed E-state index contributed by atoms with van der Waals surface area (Å²) in [4.78, 5) is 19.7. The third kappa shape index (κ3) is 3.73. The van der Waals surface area contributed by atoms with E-state index in [9.17, 15) is 18.9 Å². The molecule has 8 nitrogen and oxygen atoms in total. The normalized spacial score (nSPS) is 13.4. The molecule has 1 aromatic carbocycles. The lowest BCUT2D eigenvalue weighted by atomic mass is 10.2. The topological polar surface area (TPSA) is 96.2 Å². The maximum atomic E-state index is 14.0. The average molecular weight is 350 g/mol. The van der Waals surface area contributed by atoms with Crippen LogP contribution in [-0.4, -0.2) is 35.0 Å². The maximum absolute atomic E-state index is 14.0. The number of hydrogen-bond donors (Lipinski definition) is 2. The van der Waals surface area contributed by atoms with E-state index in [1.54, 1.807) is 0 Å². The first-order valence-electron chi connectivity index (χ1n) is 7.56. The molecule has 2 aromatic rings. The van der Waals surface area contributed by atoms with Gasteiger partial charge in [0, 0.05) is 25.8 Å². The van der Waals surface area contributed by atoms with Gasteiger partial charge in [0.15, 0.2) is 11.6 Å². The van der Waals surface area contributed by atoms with E-state index in [-0.39, 0.29) is 34.9 Å². The fraction of sp³-hybridized carbons (Fsp3) is 0.333. The molecule has 1 heterocycles. The Labute approximate surface area is 142 Å². The van der Waals surface area contributed by atoms with Gasteiger partial charge < -0.3 is 15.5 Å². The molecule has 1 fully saturated rings. The van der Waals surface area contributed by atoms with Crippen molar-refractivity contribution < 1.29 is 13.7 Å². The van der Waals surface area contributed by atoms with Crippen LogP contribution in [-0.2, 0) is 0 Å². The maximum Gasteiger partial charge on any atom is 0.329 e. The van der Waals surface area contributed by atoms with E-state index in [4.69, 9.17) is 0 Å². The molecule has 10 heteroatoms. The largest absolute Gasteiger partial charge is 0.373 e. The van der Waals surface area contributed by atoms with Crippen LogP contribution in [0.3, 0.4) is 0 Å². The summed E-state index contributed by atoms with van der Waals surface area (Å²) in [6.45, 7) is 0. The number of aromatic nitrogens is 2. The Hall–Kier alpha value is -3.04. The van der Waals surface area contributed by atoms with Crippen LogP contribution in [0.4, 0.5) is 37.6 Å². The minimum Gasteiger partial charge on any atom is -0.373 e. The van der Waals surface area contributed by atoms with Crippen LogP contribution in [0.5, 0.6) is 0 Å². The summed E-state index contributed by atoms with van der Waals surface area (Å²) in [6.07, 6.45) is 2.87. The summed E-state index contributed by atoms with van der Waals surface area (Å²) in [7, 11) is 3.06. The van der Waals surface area contributed by atoms with Crippen LogP contribution < -0.4 is 15.5 Å². The molecule has 0 unspecified atom stereocenters. The van der Waals surface area contributed by atoms with Gasteiger partial charge in [-0.2, -0.15) is 4.98 Å². The zero-order chi connectivity index (χ0) is 18.1. The van der Waals surface area contributed by atoms with Gasteiger partial charge in [0.1, 0.15) is 11.9 Å². The number of nitrogens with one attached hydrogen (secondary N) is 2. The lowest BCUT2D eigenvalue weighted by Crippen LogP contribution is -2.13. The monoisotopic (exact) mass is 350 g/mol. The Morgan fingerprint density at radius 1 is 1.28 bits per heavy atom. The predicted molar refractivity (Wildman–Crippen MR) is 89.3 cm³/mol. The Morgan fingerprint density at radius 3 is 2.44 bits per heavy atom. The lowest BCUT2D eigenvalue weighted by molar-refractivity contribution is -0.384. The van der Waals surface area contributed by atoms with Gasteiger partial charge >= 0.3 is 5.69 Å². The van der Waals surface area contributed by atoms with Gasteiger partial charge in [0.2, 0.25) is 11.8 Å². The first-order chi connectivity index (χ1) is 11.8. The highest BCUT2D eigenvalue weighted by atomic mass is 19.1. The molecule has 25 heavy (non-hydrogen) atoms. The van der Waals surface area contributed by atoms with E-state index < -0.39 is 16.6 Å².